The lowest BCUT2D eigenvalue weighted by Gasteiger charge is -2.15. The Labute approximate surface area is 94.0 Å². The molecule has 0 amide bonds. The number of hydrogen-bond acceptors (Lipinski definition) is 1. The van der Waals surface area contributed by atoms with Crippen LogP contribution in [0.5, 0.6) is 0 Å². The first-order chi connectivity index (χ1) is 6.74. The number of aliphatic imine (C=N–C) groups is 1. The smallest absolute Gasteiger partial charge is 0.0357 e. The fourth-order valence-electron chi connectivity index (χ4n) is 1.53. The summed E-state index contributed by atoms with van der Waals surface area (Å²) >= 11 is 5.71. The minimum Gasteiger partial charge on any atom is -0.298 e. The van der Waals surface area contributed by atoms with E-state index in [1.165, 1.54) is 19.3 Å². The van der Waals surface area contributed by atoms with Gasteiger partial charge in [-0.2, -0.15) is 0 Å². The first-order valence-electron chi connectivity index (χ1n) is 5.80. The van der Waals surface area contributed by atoms with Crippen LogP contribution in [0.2, 0.25) is 0 Å². The van der Waals surface area contributed by atoms with E-state index in [2.05, 4.69) is 32.0 Å². The molecule has 0 aromatic heterocycles. The SMILES string of the molecule is CCN=CC(CCCCl)CC(C)CC. The number of rotatable bonds is 8. The average Bonchev–Trinajstić information content (AvgIpc) is 2.21. The Balaban J connectivity index is 3.89. The molecule has 1 nitrogen and oxygen atoms in total. The van der Waals surface area contributed by atoms with Crippen LogP contribution in [-0.2, 0) is 0 Å². The molecule has 0 rings (SSSR count). The zero-order chi connectivity index (χ0) is 10.8. The molecule has 2 unspecified atom stereocenters. The molecule has 84 valence electrons. The van der Waals surface area contributed by atoms with Crippen molar-refractivity contribution < 1.29 is 0 Å². The van der Waals surface area contributed by atoms with Crippen molar-refractivity contribution in [2.45, 2.75) is 46.5 Å². The summed E-state index contributed by atoms with van der Waals surface area (Å²) in [5.74, 6) is 2.22. The standard InChI is InChI=1S/C12H24ClN/c1-4-11(3)9-12(7-6-8-13)10-14-5-2/h10-12H,4-9H2,1-3H3. The summed E-state index contributed by atoms with van der Waals surface area (Å²) in [5.41, 5.74) is 0. The molecule has 14 heavy (non-hydrogen) atoms. The lowest BCUT2D eigenvalue weighted by Crippen LogP contribution is -2.08. The van der Waals surface area contributed by atoms with Crippen molar-refractivity contribution in [2.75, 3.05) is 12.4 Å². The van der Waals surface area contributed by atoms with Gasteiger partial charge in [0.05, 0.1) is 0 Å². The van der Waals surface area contributed by atoms with Crippen LogP contribution >= 0.6 is 11.6 Å². The van der Waals surface area contributed by atoms with Crippen molar-refractivity contribution >= 4 is 17.8 Å². The third kappa shape index (κ3) is 7.37. The molecule has 0 bridgehead atoms. The first-order valence-corrected chi connectivity index (χ1v) is 6.33. The second-order valence-electron chi connectivity index (χ2n) is 3.99. The summed E-state index contributed by atoms with van der Waals surface area (Å²) in [7, 11) is 0. The van der Waals surface area contributed by atoms with Gasteiger partial charge < -0.3 is 0 Å². The highest BCUT2D eigenvalue weighted by molar-refractivity contribution is 6.17. The molecular formula is C12H24ClN. The van der Waals surface area contributed by atoms with Gasteiger partial charge in [0, 0.05) is 18.6 Å². The Morgan fingerprint density at radius 3 is 2.57 bits per heavy atom. The van der Waals surface area contributed by atoms with E-state index < -0.39 is 0 Å². The molecule has 0 N–H and O–H groups in total. The van der Waals surface area contributed by atoms with Gasteiger partial charge >= 0.3 is 0 Å². The van der Waals surface area contributed by atoms with Gasteiger partial charge in [0.25, 0.3) is 0 Å². The molecule has 2 heteroatoms. The fraction of sp³-hybridized carbons (Fsp3) is 0.917. The van der Waals surface area contributed by atoms with Crippen LogP contribution in [0.15, 0.2) is 4.99 Å². The van der Waals surface area contributed by atoms with Crippen molar-refractivity contribution in [1.29, 1.82) is 0 Å². The molecule has 2 atom stereocenters. The van der Waals surface area contributed by atoms with Crippen LogP contribution in [-0.4, -0.2) is 18.6 Å². The van der Waals surface area contributed by atoms with Crippen molar-refractivity contribution in [3.63, 3.8) is 0 Å². The Morgan fingerprint density at radius 2 is 2.07 bits per heavy atom. The topological polar surface area (TPSA) is 12.4 Å². The zero-order valence-electron chi connectivity index (χ0n) is 9.80. The number of alkyl halides is 1. The van der Waals surface area contributed by atoms with E-state index in [1.807, 2.05) is 0 Å². The van der Waals surface area contributed by atoms with Crippen molar-refractivity contribution in [2.24, 2.45) is 16.8 Å². The minimum atomic E-state index is 0.642. The van der Waals surface area contributed by atoms with Gasteiger partial charge in [-0.05, 0) is 38.0 Å². The largest absolute Gasteiger partial charge is 0.298 e. The van der Waals surface area contributed by atoms with E-state index >= 15 is 0 Å². The van der Waals surface area contributed by atoms with E-state index in [-0.39, 0.29) is 0 Å². The summed E-state index contributed by atoms with van der Waals surface area (Å²) in [4.78, 5) is 4.34. The monoisotopic (exact) mass is 217 g/mol. The Bertz CT molecular complexity index is 145. The summed E-state index contributed by atoms with van der Waals surface area (Å²) in [6.07, 6.45) is 6.96. The third-order valence-electron chi connectivity index (χ3n) is 2.61. The van der Waals surface area contributed by atoms with E-state index in [4.69, 9.17) is 11.6 Å². The van der Waals surface area contributed by atoms with Gasteiger partial charge in [0.1, 0.15) is 0 Å². The molecule has 0 radical (unpaired) electrons. The number of halogens is 1. The second kappa shape index (κ2) is 9.51. The highest BCUT2D eigenvalue weighted by Gasteiger charge is 2.09. The molecule has 0 aromatic rings. The quantitative estimate of drug-likeness (QED) is 0.428. The fourth-order valence-corrected chi connectivity index (χ4v) is 1.68. The molecule has 0 aliphatic rings. The molecule has 0 aliphatic carbocycles. The van der Waals surface area contributed by atoms with Crippen LogP contribution in [0.3, 0.4) is 0 Å². The predicted octanol–water partition coefficient (Wildman–Crippen LogP) is 4.15. The van der Waals surface area contributed by atoms with Crippen LogP contribution < -0.4 is 0 Å². The molecule has 0 aliphatic heterocycles. The van der Waals surface area contributed by atoms with Crippen LogP contribution in [0.4, 0.5) is 0 Å². The van der Waals surface area contributed by atoms with Crippen LogP contribution in [0.1, 0.15) is 46.5 Å². The molecule has 0 aromatic carbocycles. The van der Waals surface area contributed by atoms with Crippen molar-refractivity contribution in [1.82, 2.24) is 0 Å². The summed E-state index contributed by atoms with van der Waals surface area (Å²) in [6.45, 7) is 7.55. The first kappa shape index (κ1) is 14.0. The minimum absolute atomic E-state index is 0.642. The highest BCUT2D eigenvalue weighted by atomic mass is 35.5. The molecule has 0 saturated heterocycles. The van der Waals surface area contributed by atoms with E-state index in [0.29, 0.717) is 5.92 Å². The Morgan fingerprint density at radius 1 is 1.36 bits per heavy atom. The van der Waals surface area contributed by atoms with E-state index in [9.17, 15) is 0 Å². The summed E-state index contributed by atoms with van der Waals surface area (Å²) in [5, 5.41) is 0. The van der Waals surface area contributed by atoms with Crippen LogP contribution in [0, 0.1) is 11.8 Å². The highest BCUT2D eigenvalue weighted by Crippen LogP contribution is 2.18. The van der Waals surface area contributed by atoms with E-state index in [0.717, 1.165) is 24.8 Å². The van der Waals surface area contributed by atoms with Gasteiger partial charge in [-0.3, -0.25) is 4.99 Å². The molecule has 0 heterocycles. The maximum Gasteiger partial charge on any atom is 0.0357 e. The maximum absolute atomic E-state index is 5.71. The number of nitrogens with zero attached hydrogens (tertiary/aromatic N) is 1. The lowest BCUT2D eigenvalue weighted by molar-refractivity contribution is 0.436. The zero-order valence-corrected chi connectivity index (χ0v) is 10.6. The van der Waals surface area contributed by atoms with Crippen molar-refractivity contribution in [3.05, 3.63) is 0 Å². The average molecular weight is 218 g/mol. The van der Waals surface area contributed by atoms with Gasteiger partial charge in [0.2, 0.25) is 0 Å². The number of hydrogen-bond donors (Lipinski definition) is 0. The second-order valence-corrected chi connectivity index (χ2v) is 4.37. The normalized spacial score (nSPS) is 16.0. The molecular weight excluding hydrogens is 194 g/mol. The van der Waals surface area contributed by atoms with Gasteiger partial charge in [-0.15, -0.1) is 11.6 Å². The predicted molar refractivity (Wildman–Crippen MR) is 66.5 cm³/mol. The molecule has 0 saturated carbocycles. The molecule has 0 fully saturated rings. The Hall–Kier alpha value is -0.0400. The van der Waals surface area contributed by atoms with Gasteiger partial charge in [-0.25, -0.2) is 0 Å². The van der Waals surface area contributed by atoms with Crippen LogP contribution in [0.25, 0.3) is 0 Å². The van der Waals surface area contributed by atoms with Crippen molar-refractivity contribution in [3.8, 4) is 0 Å². The van der Waals surface area contributed by atoms with E-state index in [1.54, 1.807) is 0 Å². The maximum atomic E-state index is 5.71. The third-order valence-corrected chi connectivity index (χ3v) is 2.88. The lowest BCUT2D eigenvalue weighted by atomic mass is 9.91. The van der Waals surface area contributed by atoms with Gasteiger partial charge in [0.15, 0.2) is 0 Å². The molecule has 0 spiro atoms. The summed E-state index contributed by atoms with van der Waals surface area (Å²) < 4.78 is 0. The Kier molecular flexibility index (Phi) is 9.49. The van der Waals surface area contributed by atoms with Gasteiger partial charge in [-0.1, -0.05) is 20.3 Å². The summed E-state index contributed by atoms with van der Waals surface area (Å²) in [6, 6.07) is 0.